The fourth-order valence-corrected chi connectivity index (χ4v) is 3.88. The van der Waals surface area contributed by atoms with E-state index in [0.717, 1.165) is 42.8 Å². The predicted molar refractivity (Wildman–Crippen MR) is 125 cm³/mol. The monoisotopic (exact) mass is 452 g/mol. The number of hydrogen-bond acceptors (Lipinski definition) is 8. The second-order valence-corrected chi connectivity index (χ2v) is 7.87. The van der Waals surface area contributed by atoms with Gasteiger partial charge in [0.1, 0.15) is 5.75 Å². The third-order valence-corrected chi connectivity index (χ3v) is 5.50. The number of nitrogens with two attached hydrogens (primary N) is 1. The van der Waals surface area contributed by atoms with Crippen LogP contribution in [0.25, 0.3) is 0 Å². The van der Waals surface area contributed by atoms with E-state index in [-0.39, 0.29) is 12.1 Å². The number of carboxylic acid groups (broad SMARTS) is 1. The van der Waals surface area contributed by atoms with Crippen molar-refractivity contribution in [1.29, 1.82) is 0 Å². The average Bonchev–Trinajstić information content (AvgIpc) is 3.26. The van der Waals surface area contributed by atoms with E-state index in [2.05, 4.69) is 31.0 Å². The first-order valence-corrected chi connectivity index (χ1v) is 10.9. The number of ether oxygens (including phenoxy) is 1. The summed E-state index contributed by atoms with van der Waals surface area (Å²) in [5.74, 6) is 1.68. The Morgan fingerprint density at radius 2 is 1.91 bits per heavy atom. The van der Waals surface area contributed by atoms with E-state index in [9.17, 15) is 4.79 Å². The van der Waals surface area contributed by atoms with Crippen molar-refractivity contribution in [3.63, 3.8) is 0 Å². The third-order valence-electron chi connectivity index (χ3n) is 5.50. The molecule has 4 rings (SSSR count). The van der Waals surface area contributed by atoms with E-state index in [1.807, 2.05) is 42.1 Å². The minimum Gasteiger partial charge on any atom is -0.494 e. The Morgan fingerprint density at radius 3 is 2.61 bits per heavy atom. The molecule has 1 aliphatic carbocycles. The van der Waals surface area contributed by atoms with E-state index in [4.69, 9.17) is 15.6 Å². The molecule has 2 aromatic heterocycles. The topological polar surface area (TPSA) is 152 Å². The minimum atomic E-state index is -0.969. The SMILES string of the molecule is CCOc1ccc(Nc2nc(Nc3cnn(C4CCC(NC(=O)O)CC4)c3)ncc2N)cc1. The van der Waals surface area contributed by atoms with Crippen molar-refractivity contribution in [2.24, 2.45) is 0 Å². The molecule has 6 N–H and O–H groups in total. The number of rotatable bonds is 8. The number of nitrogen functional groups attached to an aromatic ring is 1. The van der Waals surface area contributed by atoms with Crippen LogP contribution in [0.3, 0.4) is 0 Å². The zero-order chi connectivity index (χ0) is 23.2. The van der Waals surface area contributed by atoms with Gasteiger partial charge in [-0.3, -0.25) is 4.68 Å². The highest BCUT2D eigenvalue weighted by atomic mass is 16.5. The standard InChI is InChI=1S/C22H28N8O3/c1-2-33-18-9-5-14(6-10-18)26-20-19(23)12-24-21(29-20)27-16-11-25-30(13-16)17-7-3-15(4-8-17)28-22(31)32/h5-6,9-13,15,17,28H,2-4,7-8,23H2,1H3,(H,31,32)(H2,24,26,27,29). The Morgan fingerprint density at radius 1 is 1.15 bits per heavy atom. The van der Waals surface area contributed by atoms with E-state index < -0.39 is 6.09 Å². The van der Waals surface area contributed by atoms with Crippen LogP contribution in [-0.4, -0.2) is 43.6 Å². The van der Waals surface area contributed by atoms with Crippen LogP contribution < -0.4 is 26.4 Å². The van der Waals surface area contributed by atoms with Crippen molar-refractivity contribution in [3.05, 3.63) is 42.9 Å². The molecule has 3 aromatic rings. The molecule has 0 spiro atoms. The summed E-state index contributed by atoms with van der Waals surface area (Å²) in [7, 11) is 0. The molecule has 1 amide bonds. The van der Waals surface area contributed by atoms with Gasteiger partial charge in [0.2, 0.25) is 5.95 Å². The fourth-order valence-electron chi connectivity index (χ4n) is 3.88. The summed E-state index contributed by atoms with van der Waals surface area (Å²) >= 11 is 0. The number of nitrogens with zero attached hydrogens (tertiary/aromatic N) is 4. The molecule has 1 aliphatic rings. The fraction of sp³-hybridized carbons (Fsp3) is 0.364. The summed E-state index contributed by atoms with van der Waals surface area (Å²) < 4.78 is 7.38. The number of nitrogens with one attached hydrogen (secondary N) is 3. The van der Waals surface area contributed by atoms with E-state index in [1.54, 1.807) is 12.4 Å². The molecule has 0 radical (unpaired) electrons. The largest absolute Gasteiger partial charge is 0.494 e. The normalized spacial score (nSPS) is 17.8. The van der Waals surface area contributed by atoms with E-state index in [0.29, 0.717) is 24.1 Å². The maximum atomic E-state index is 10.8. The first-order valence-electron chi connectivity index (χ1n) is 10.9. The summed E-state index contributed by atoms with van der Waals surface area (Å²) in [6, 6.07) is 7.78. The molecule has 33 heavy (non-hydrogen) atoms. The molecule has 1 fully saturated rings. The van der Waals surface area contributed by atoms with Crippen LogP contribution in [0.15, 0.2) is 42.9 Å². The number of carbonyl (C=O) groups is 1. The van der Waals surface area contributed by atoms with Crippen LogP contribution >= 0.6 is 0 Å². The van der Waals surface area contributed by atoms with Gasteiger partial charge >= 0.3 is 6.09 Å². The molecule has 0 aliphatic heterocycles. The molecule has 174 valence electrons. The van der Waals surface area contributed by atoms with Gasteiger partial charge in [-0.05, 0) is 56.9 Å². The number of hydrogen-bond donors (Lipinski definition) is 5. The molecule has 0 unspecified atom stereocenters. The highest BCUT2D eigenvalue weighted by molar-refractivity contribution is 5.70. The summed E-state index contributed by atoms with van der Waals surface area (Å²) in [5, 5.41) is 22.3. The average molecular weight is 453 g/mol. The zero-order valence-corrected chi connectivity index (χ0v) is 18.4. The van der Waals surface area contributed by atoms with Crippen LogP contribution in [0.1, 0.15) is 38.6 Å². The predicted octanol–water partition coefficient (Wildman–Crippen LogP) is 3.89. The second-order valence-electron chi connectivity index (χ2n) is 7.87. The molecular weight excluding hydrogens is 424 g/mol. The lowest BCUT2D eigenvalue weighted by atomic mass is 9.91. The van der Waals surface area contributed by atoms with Crippen LogP contribution in [-0.2, 0) is 0 Å². The molecule has 0 saturated heterocycles. The van der Waals surface area contributed by atoms with Gasteiger partial charge in [-0.2, -0.15) is 10.1 Å². The van der Waals surface area contributed by atoms with Crippen molar-refractivity contribution in [2.45, 2.75) is 44.7 Å². The van der Waals surface area contributed by atoms with Gasteiger partial charge in [-0.15, -0.1) is 0 Å². The van der Waals surface area contributed by atoms with Gasteiger partial charge in [-0.1, -0.05) is 0 Å². The Kier molecular flexibility index (Phi) is 6.77. The van der Waals surface area contributed by atoms with Gasteiger partial charge in [0, 0.05) is 17.9 Å². The van der Waals surface area contributed by atoms with Crippen LogP contribution in [0.5, 0.6) is 5.75 Å². The molecule has 0 atom stereocenters. The maximum absolute atomic E-state index is 10.8. The van der Waals surface area contributed by atoms with Gasteiger partial charge in [-0.25, -0.2) is 9.78 Å². The summed E-state index contributed by atoms with van der Waals surface area (Å²) in [6.07, 6.45) is 7.52. The van der Waals surface area contributed by atoms with E-state index >= 15 is 0 Å². The quantitative estimate of drug-likeness (QED) is 0.342. The Balaban J connectivity index is 1.38. The number of anilines is 5. The van der Waals surface area contributed by atoms with E-state index in [1.165, 1.54) is 0 Å². The molecule has 1 saturated carbocycles. The lowest BCUT2D eigenvalue weighted by Crippen LogP contribution is -2.37. The Labute approximate surface area is 191 Å². The van der Waals surface area contributed by atoms with Crippen molar-refractivity contribution >= 4 is 34.9 Å². The molecule has 11 nitrogen and oxygen atoms in total. The van der Waals surface area contributed by atoms with Crippen molar-refractivity contribution in [1.82, 2.24) is 25.1 Å². The first kappa shape index (κ1) is 22.2. The van der Waals surface area contributed by atoms with Crippen molar-refractivity contribution in [3.8, 4) is 5.75 Å². The Hall–Kier alpha value is -4.02. The number of benzene rings is 1. The zero-order valence-electron chi connectivity index (χ0n) is 18.4. The van der Waals surface area contributed by atoms with Gasteiger partial charge < -0.3 is 31.5 Å². The van der Waals surface area contributed by atoms with Crippen LogP contribution in [0, 0.1) is 0 Å². The number of amides is 1. The van der Waals surface area contributed by atoms with Gasteiger partial charge in [0.25, 0.3) is 0 Å². The maximum Gasteiger partial charge on any atom is 0.404 e. The smallest absolute Gasteiger partial charge is 0.404 e. The van der Waals surface area contributed by atoms with Gasteiger partial charge in [0.05, 0.1) is 36.4 Å². The molecular formula is C22H28N8O3. The first-order chi connectivity index (χ1) is 16.0. The van der Waals surface area contributed by atoms with Crippen LogP contribution in [0.4, 0.5) is 33.6 Å². The van der Waals surface area contributed by atoms with Crippen LogP contribution in [0.2, 0.25) is 0 Å². The number of aromatic nitrogens is 4. The Bertz CT molecular complexity index is 1080. The summed E-state index contributed by atoms with van der Waals surface area (Å²) in [4.78, 5) is 19.6. The lowest BCUT2D eigenvalue weighted by Gasteiger charge is -2.28. The van der Waals surface area contributed by atoms with Gasteiger partial charge in [0.15, 0.2) is 5.82 Å². The van der Waals surface area contributed by atoms with Crippen molar-refractivity contribution < 1.29 is 14.6 Å². The summed E-state index contributed by atoms with van der Waals surface area (Å²) in [6.45, 7) is 2.55. The highest BCUT2D eigenvalue weighted by Crippen LogP contribution is 2.29. The molecule has 2 heterocycles. The second kappa shape index (κ2) is 10.1. The summed E-state index contributed by atoms with van der Waals surface area (Å²) in [5.41, 5.74) is 8.07. The molecule has 1 aromatic carbocycles. The lowest BCUT2D eigenvalue weighted by molar-refractivity contribution is 0.181. The third kappa shape index (κ3) is 5.82. The highest BCUT2D eigenvalue weighted by Gasteiger charge is 2.24. The molecule has 11 heteroatoms. The minimum absolute atomic E-state index is 0.0105. The van der Waals surface area contributed by atoms with Crippen molar-refractivity contribution in [2.75, 3.05) is 23.0 Å². The molecule has 0 bridgehead atoms.